The molecule has 1 atom stereocenters. The van der Waals surface area contributed by atoms with E-state index in [4.69, 9.17) is 16.1 Å². The van der Waals surface area contributed by atoms with Crippen molar-refractivity contribution in [2.45, 2.75) is 32.2 Å². The van der Waals surface area contributed by atoms with Gasteiger partial charge in [0.2, 0.25) is 5.91 Å². The van der Waals surface area contributed by atoms with E-state index < -0.39 is 0 Å². The minimum atomic E-state index is 0.0734. The van der Waals surface area contributed by atoms with Crippen molar-refractivity contribution < 1.29 is 9.32 Å². The SMILES string of the molecule is CN1CCC[C@@H](CCC(=O)NCc2cc(-c3ccc(Cl)cc3)on2)C1. The van der Waals surface area contributed by atoms with E-state index in [-0.39, 0.29) is 5.91 Å². The van der Waals surface area contributed by atoms with Crippen LogP contribution in [-0.4, -0.2) is 36.1 Å². The van der Waals surface area contributed by atoms with Crippen molar-refractivity contribution in [3.63, 3.8) is 0 Å². The Morgan fingerprint density at radius 2 is 2.20 bits per heavy atom. The molecule has 0 radical (unpaired) electrons. The Morgan fingerprint density at radius 1 is 1.40 bits per heavy atom. The third kappa shape index (κ3) is 5.31. The predicted molar refractivity (Wildman–Crippen MR) is 98.3 cm³/mol. The first-order chi connectivity index (χ1) is 12.1. The van der Waals surface area contributed by atoms with E-state index >= 15 is 0 Å². The van der Waals surface area contributed by atoms with Crippen molar-refractivity contribution in [1.82, 2.24) is 15.4 Å². The molecule has 1 amide bonds. The number of aromatic nitrogens is 1. The predicted octanol–water partition coefficient (Wildman–Crippen LogP) is 3.73. The third-order valence-corrected chi connectivity index (χ3v) is 4.91. The van der Waals surface area contributed by atoms with Gasteiger partial charge in [-0.3, -0.25) is 4.79 Å². The molecule has 1 fully saturated rings. The number of piperidine rings is 1. The molecular weight excluding hydrogens is 338 g/mol. The molecule has 3 rings (SSSR count). The van der Waals surface area contributed by atoms with Gasteiger partial charge in [0.05, 0.1) is 6.54 Å². The van der Waals surface area contributed by atoms with Crippen molar-refractivity contribution in [2.24, 2.45) is 5.92 Å². The molecule has 1 saturated heterocycles. The molecule has 1 aliphatic heterocycles. The Labute approximate surface area is 153 Å². The van der Waals surface area contributed by atoms with Crippen LogP contribution in [0.1, 0.15) is 31.4 Å². The average molecular weight is 362 g/mol. The molecule has 1 aliphatic rings. The van der Waals surface area contributed by atoms with Crippen LogP contribution in [0, 0.1) is 5.92 Å². The normalized spacial score (nSPS) is 18.2. The third-order valence-electron chi connectivity index (χ3n) is 4.66. The van der Waals surface area contributed by atoms with Crippen LogP contribution in [0.15, 0.2) is 34.9 Å². The van der Waals surface area contributed by atoms with Crippen LogP contribution in [0.2, 0.25) is 5.02 Å². The lowest BCUT2D eigenvalue weighted by Crippen LogP contribution is -2.33. The van der Waals surface area contributed by atoms with Crippen LogP contribution in [0.3, 0.4) is 0 Å². The molecule has 6 heteroatoms. The van der Waals surface area contributed by atoms with Gasteiger partial charge in [0.1, 0.15) is 5.69 Å². The number of hydrogen-bond acceptors (Lipinski definition) is 4. The zero-order valence-electron chi connectivity index (χ0n) is 14.5. The van der Waals surface area contributed by atoms with E-state index in [0.29, 0.717) is 29.7 Å². The summed E-state index contributed by atoms with van der Waals surface area (Å²) in [5.41, 5.74) is 1.63. The molecule has 0 spiro atoms. The summed E-state index contributed by atoms with van der Waals surface area (Å²) in [6.45, 7) is 2.66. The van der Waals surface area contributed by atoms with E-state index in [1.165, 1.54) is 19.4 Å². The van der Waals surface area contributed by atoms with Crippen LogP contribution >= 0.6 is 11.6 Å². The number of amides is 1. The van der Waals surface area contributed by atoms with E-state index in [0.717, 1.165) is 24.2 Å². The second-order valence-electron chi connectivity index (χ2n) is 6.78. The van der Waals surface area contributed by atoms with E-state index in [1.54, 1.807) is 0 Å². The Hall–Kier alpha value is -1.85. The highest BCUT2D eigenvalue weighted by atomic mass is 35.5. The number of likely N-dealkylation sites (tertiary alicyclic amines) is 1. The van der Waals surface area contributed by atoms with Gasteiger partial charge < -0.3 is 14.7 Å². The van der Waals surface area contributed by atoms with Crippen LogP contribution in [0.4, 0.5) is 0 Å². The maximum Gasteiger partial charge on any atom is 0.220 e. The van der Waals surface area contributed by atoms with Crippen molar-refractivity contribution in [3.8, 4) is 11.3 Å². The molecule has 0 bridgehead atoms. The Balaban J connectivity index is 1.44. The smallest absolute Gasteiger partial charge is 0.220 e. The lowest BCUT2D eigenvalue weighted by Gasteiger charge is -2.29. The molecule has 2 heterocycles. The minimum absolute atomic E-state index is 0.0734. The van der Waals surface area contributed by atoms with Gasteiger partial charge >= 0.3 is 0 Å². The number of nitrogens with one attached hydrogen (secondary N) is 1. The Morgan fingerprint density at radius 3 is 2.96 bits per heavy atom. The fourth-order valence-electron chi connectivity index (χ4n) is 3.27. The number of benzene rings is 1. The maximum atomic E-state index is 12.1. The molecule has 1 aromatic heterocycles. The second kappa shape index (κ2) is 8.50. The van der Waals surface area contributed by atoms with Crippen molar-refractivity contribution in [3.05, 3.63) is 41.0 Å². The molecule has 1 aromatic carbocycles. The van der Waals surface area contributed by atoms with E-state index in [1.807, 2.05) is 30.3 Å². The minimum Gasteiger partial charge on any atom is -0.356 e. The standard InChI is InChI=1S/C19H24ClN3O2/c1-23-10-2-3-14(13-23)4-9-19(24)21-12-17-11-18(25-22-17)15-5-7-16(20)8-6-15/h5-8,11,14H,2-4,9-10,12-13H2,1H3,(H,21,24)/t14-/m0/s1. The molecule has 0 aliphatic carbocycles. The van der Waals surface area contributed by atoms with E-state index in [2.05, 4.69) is 22.4 Å². The lowest BCUT2D eigenvalue weighted by molar-refractivity contribution is -0.121. The molecule has 25 heavy (non-hydrogen) atoms. The molecule has 5 nitrogen and oxygen atoms in total. The molecule has 1 N–H and O–H groups in total. The summed E-state index contributed by atoms with van der Waals surface area (Å²) in [6, 6.07) is 9.23. The number of halogens is 1. The fourth-order valence-corrected chi connectivity index (χ4v) is 3.39. The first-order valence-corrected chi connectivity index (χ1v) is 9.15. The highest BCUT2D eigenvalue weighted by molar-refractivity contribution is 6.30. The zero-order chi connectivity index (χ0) is 17.6. The van der Waals surface area contributed by atoms with Gasteiger partial charge in [-0.15, -0.1) is 0 Å². The highest BCUT2D eigenvalue weighted by Gasteiger charge is 2.18. The summed E-state index contributed by atoms with van der Waals surface area (Å²) in [4.78, 5) is 14.4. The van der Waals surface area contributed by atoms with Gasteiger partial charge in [0.25, 0.3) is 0 Å². The second-order valence-corrected chi connectivity index (χ2v) is 7.21. The van der Waals surface area contributed by atoms with Gasteiger partial charge in [0, 0.05) is 29.6 Å². The van der Waals surface area contributed by atoms with Gasteiger partial charge in [-0.05, 0) is 63.0 Å². The Kier molecular flexibility index (Phi) is 6.10. The summed E-state index contributed by atoms with van der Waals surface area (Å²) in [5.74, 6) is 1.38. The average Bonchev–Trinajstić information content (AvgIpc) is 3.08. The van der Waals surface area contributed by atoms with E-state index in [9.17, 15) is 4.79 Å². The summed E-state index contributed by atoms with van der Waals surface area (Å²) < 4.78 is 5.34. The molecule has 0 unspecified atom stereocenters. The first kappa shape index (κ1) is 18.0. The topological polar surface area (TPSA) is 58.4 Å². The summed E-state index contributed by atoms with van der Waals surface area (Å²) in [7, 11) is 2.15. The number of rotatable bonds is 6. The largest absolute Gasteiger partial charge is 0.356 e. The van der Waals surface area contributed by atoms with Crippen molar-refractivity contribution in [2.75, 3.05) is 20.1 Å². The summed E-state index contributed by atoms with van der Waals surface area (Å²) in [5, 5.41) is 7.63. The quantitative estimate of drug-likeness (QED) is 0.851. The highest BCUT2D eigenvalue weighted by Crippen LogP contribution is 2.22. The number of nitrogens with zero attached hydrogens (tertiary/aromatic N) is 2. The fraction of sp³-hybridized carbons (Fsp3) is 0.474. The van der Waals surface area contributed by atoms with Crippen LogP contribution < -0.4 is 5.32 Å². The lowest BCUT2D eigenvalue weighted by atomic mass is 9.93. The first-order valence-electron chi connectivity index (χ1n) is 8.77. The Bertz CT molecular complexity index is 699. The van der Waals surface area contributed by atoms with Gasteiger partial charge in [0.15, 0.2) is 5.76 Å². The van der Waals surface area contributed by atoms with Crippen LogP contribution in [-0.2, 0) is 11.3 Å². The van der Waals surface area contributed by atoms with Gasteiger partial charge in [-0.25, -0.2) is 0 Å². The monoisotopic (exact) mass is 361 g/mol. The molecule has 2 aromatic rings. The molecular formula is C19H24ClN3O2. The summed E-state index contributed by atoms with van der Waals surface area (Å²) >= 11 is 5.89. The number of hydrogen-bond donors (Lipinski definition) is 1. The maximum absolute atomic E-state index is 12.1. The van der Waals surface area contributed by atoms with Gasteiger partial charge in [-0.1, -0.05) is 16.8 Å². The number of carbonyl (C=O) groups excluding carboxylic acids is 1. The molecule has 0 saturated carbocycles. The zero-order valence-corrected chi connectivity index (χ0v) is 15.3. The van der Waals surface area contributed by atoms with Crippen LogP contribution in [0.25, 0.3) is 11.3 Å². The van der Waals surface area contributed by atoms with Crippen molar-refractivity contribution >= 4 is 17.5 Å². The number of carbonyl (C=O) groups is 1. The summed E-state index contributed by atoms with van der Waals surface area (Å²) in [6.07, 6.45) is 3.98. The molecule has 134 valence electrons. The van der Waals surface area contributed by atoms with Crippen molar-refractivity contribution in [1.29, 1.82) is 0 Å². The van der Waals surface area contributed by atoms with Gasteiger partial charge in [-0.2, -0.15) is 0 Å². The van der Waals surface area contributed by atoms with Crippen LogP contribution in [0.5, 0.6) is 0 Å².